The highest BCUT2D eigenvalue weighted by atomic mass is 16.6. The molecule has 0 unspecified atom stereocenters. The minimum Gasteiger partial charge on any atom is -0.489 e. The summed E-state index contributed by atoms with van der Waals surface area (Å²) in [5.74, 6) is 6.00. The molecular formula is C15H17N3O3. The fourth-order valence-electron chi connectivity index (χ4n) is 2.12. The van der Waals surface area contributed by atoms with Crippen LogP contribution in [0, 0.1) is 24.0 Å². The van der Waals surface area contributed by atoms with Crippen molar-refractivity contribution in [1.82, 2.24) is 0 Å². The van der Waals surface area contributed by atoms with Crippen LogP contribution in [0.3, 0.4) is 0 Å². The van der Waals surface area contributed by atoms with Crippen LogP contribution >= 0.6 is 0 Å². The third-order valence-electron chi connectivity index (χ3n) is 3.02. The monoisotopic (exact) mass is 287 g/mol. The Labute approximate surface area is 122 Å². The lowest BCUT2D eigenvalue weighted by atomic mass is 10.1. The molecule has 0 aromatic heterocycles. The van der Waals surface area contributed by atoms with Crippen molar-refractivity contribution in [3.8, 4) is 5.75 Å². The number of nitrogens with zero attached hydrogens (tertiary/aromatic N) is 1. The van der Waals surface area contributed by atoms with Crippen LogP contribution in [0.25, 0.3) is 0 Å². The zero-order valence-electron chi connectivity index (χ0n) is 11.9. The molecule has 6 heteroatoms. The summed E-state index contributed by atoms with van der Waals surface area (Å²) in [6.45, 7) is 4.24. The van der Waals surface area contributed by atoms with Crippen molar-refractivity contribution in [2.24, 2.45) is 5.84 Å². The Balaban J connectivity index is 2.16. The maximum Gasteiger partial charge on any atom is 0.294 e. The first-order chi connectivity index (χ1) is 9.99. The van der Waals surface area contributed by atoms with E-state index in [-0.39, 0.29) is 18.0 Å². The molecular weight excluding hydrogens is 270 g/mol. The third kappa shape index (κ3) is 3.70. The van der Waals surface area contributed by atoms with Gasteiger partial charge in [-0.2, -0.15) is 0 Å². The minimum absolute atomic E-state index is 0.0703. The van der Waals surface area contributed by atoms with Gasteiger partial charge in [-0.25, -0.2) is 0 Å². The van der Waals surface area contributed by atoms with E-state index in [1.807, 2.05) is 26.0 Å². The number of nitrogen functional groups attached to an aromatic ring is 1. The summed E-state index contributed by atoms with van der Waals surface area (Å²) < 4.78 is 5.69. The summed E-state index contributed by atoms with van der Waals surface area (Å²) >= 11 is 0. The molecule has 0 heterocycles. The molecule has 0 aliphatic carbocycles. The van der Waals surface area contributed by atoms with Crippen LogP contribution in [0.15, 0.2) is 36.4 Å². The molecule has 0 saturated heterocycles. The van der Waals surface area contributed by atoms with Gasteiger partial charge in [0, 0.05) is 6.07 Å². The van der Waals surface area contributed by atoms with Crippen molar-refractivity contribution in [1.29, 1.82) is 0 Å². The summed E-state index contributed by atoms with van der Waals surface area (Å²) in [4.78, 5) is 10.5. The maximum atomic E-state index is 11.0. The number of rotatable bonds is 5. The van der Waals surface area contributed by atoms with Crippen LogP contribution in [-0.4, -0.2) is 4.92 Å². The lowest BCUT2D eigenvalue weighted by molar-refractivity contribution is -0.384. The van der Waals surface area contributed by atoms with Gasteiger partial charge in [-0.1, -0.05) is 12.1 Å². The topological polar surface area (TPSA) is 90.4 Å². The molecule has 2 rings (SSSR count). The first-order valence-electron chi connectivity index (χ1n) is 6.44. The van der Waals surface area contributed by atoms with E-state index in [4.69, 9.17) is 10.6 Å². The van der Waals surface area contributed by atoms with Gasteiger partial charge in [0.05, 0.1) is 4.92 Å². The molecule has 0 radical (unpaired) electrons. The highest BCUT2D eigenvalue weighted by Gasteiger charge is 2.13. The van der Waals surface area contributed by atoms with Crippen molar-refractivity contribution in [2.45, 2.75) is 20.5 Å². The van der Waals surface area contributed by atoms with Gasteiger partial charge < -0.3 is 10.2 Å². The predicted octanol–water partition coefficient (Wildman–Crippen LogP) is 3.08. The van der Waals surface area contributed by atoms with Crippen LogP contribution in [0.2, 0.25) is 0 Å². The van der Waals surface area contributed by atoms with E-state index in [1.165, 1.54) is 6.07 Å². The Bertz CT molecular complexity index is 651. The lowest BCUT2D eigenvalue weighted by Gasteiger charge is -2.09. The summed E-state index contributed by atoms with van der Waals surface area (Å²) in [6, 6.07) is 10.7. The molecule has 0 fully saturated rings. The number of nitro groups is 1. The number of hydrazine groups is 1. The molecule has 0 aliphatic rings. The van der Waals surface area contributed by atoms with E-state index in [1.54, 1.807) is 12.1 Å². The van der Waals surface area contributed by atoms with Crippen molar-refractivity contribution in [3.05, 3.63) is 63.2 Å². The van der Waals surface area contributed by atoms with E-state index in [0.29, 0.717) is 5.56 Å². The van der Waals surface area contributed by atoms with Crippen LogP contribution in [-0.2, 0) is 6.61 Å². The fraction of sp³-hybridized carbons (Fsp3) is 0.200. The average Bonchev–Trinajstić information content (AvgIpc) is 2.43. The van der Waals surface area contributed by atoms with Gasteiger partial charge >= 0.3 is 0 Å². The largest absolute Gasteiger partial charge is 0.489 e. The number of benzene rings is 2. The Kier molecular flexibility index (Phi) is 4.39. The summed E-state index contributed by atoms with van der Waals surface area (Å²) in [6.07, 6.45) is 0. The third-order valence-corrected chi connectivity index (χ3v) is 3.02. The van der Waals surface area contributed by atoms with E-state index in [2.05, 4.69) is 11.5 Å². The second kappa shape index (κ2) is 6.23. The molecule has 0 bridgehead atoms. The number of hydrogen-bond acceptors (Lipinski definition) is 5. The Morgan fingerprint density at radius 3 is 2.43 bits per heavy atom. The Morgan fingerprint density at radius 1 is 1.19 bits per heavy atom. The van der Waals surface area contributed by atoms with Crippen molar-refractivity contribution in [2.75, 3.05) is 5.43 Å². The van der Waals surface area contributed by atoms with Crippen molar-refractivity contribution < 1.29 is 9.66 Å². The number of nitrogens with two attached hydrogens (primary N) is 1. The highest BCUT2D eigenvalue weighted by molar-refractivity contribution is 5.61. The molecule has 0 saturated carbocycles. The molecule has 0 atom stereocenters. The highest BCUT2D eigenvalue weighted by Crippen LogP contribution is 2.25. The lowest BCUT2D eigenvalue weighted by Crippen LogP contribution is -2.09. The van der Waals surface area contributed by atoms with E-state index in [0.717, 1.165) is 16.9 Å². The van der Waals surface area contributed by atoms with Crippen LogP contribution < -0.4 is 16.0 Å². The smallest absolute Gasteiger partial charge is 0.294 e. The molecule has 6 nitrogen and oxygen atoms in total. The van der Waals surface area contributed by atoms with E-state index < -0.39 is 4.92 Å². The number of nitrogens with one attached hydrogen (secondary N) is 1. The molecule has 3 N–H and O–H groups in total. The summed E-state index contributed by atoms with van der Waals surface area (Å²) in [7, 11) is 0. The SMILES string of the molecule is Cc1cc(C)cc(OCc2ccc(NN)c([N+](=O)[O-])c2)c1. The minimum atomic E-state index is -0.477. The molecule has 2 aromatic rings. The first kappa shape index (κ1) is 14.8. The first-order valence-corrected chi connectivity index (χ1v) is 6.44. The number of nitro benzene ring substituents is 1. The average molecular weight is 287 g/mol. The van der Waals surface area contributed by atoms with Gasteiger partial charge in [-0.15, -0.1) is 0 Å². The van der Waals surface area contributed by atoms with Crippen LogP contribution in [0.4, 0.5) is 11.4 Å². The second-order valence-corrected chi connectivity index (χ2v) is 4.87. The number of hydrogen-bond donors (Lipinski definition) is 2. The standard InChI is InChI=1S/C15H17N3O3/c1-10-5-11(2)7-13(6-10)21-9-12-3-4-14(17-16)15(8-12)18(19)20/h3-8,17H,9,16H2,1-2H3. The van der Waals surface area contributed by atoms with Gasteiger partial charge in [-0.3, -0.25) is 16.0 Å². The Hall–Kier alpha value is -2.60. The zero-order valence-corrected chi connectivity index (χ0v) is 11.9. The van der Waals surface area contributed by atoms with Gasteiger partial charge in [0.1, 0.15) is 18.0 Å². The molecule has 110 valence electrons. The van der Waals surface area contributed by atoms with Gasteiger partial charge in [0.25, 0.3) is 5.69 Å². The van der Waals surface area contributed by atoms with E-state index in [9.17, 15) is 10.1 Å². The molecule has 0 spiro atoms. The van der Waals surface area contributed by atoms with Gasteiger partial charge in [0.15, 0.2) is 0 Å². The van der Waals surface area contributed by atoms with Gasteiger partial charge in [0.2, 0.25) is 0 Å². The predicted molar refractivity (Wildman–Crippen MR) is 81.2 cm³/mol. The molecule has 21 heavy (non-hydrogen) atoms. The fourth-order valence-corrected chi connectivity index (χ4v) is 2.12. The second-order valence-electron chi connectivity index (χ2n) is 4.87. The molecule has 2 aromatic carbocycles. The Morgan fingerprint density at radius 2 is 1.86 bits per heavy atom. The van der Waals surface area contributed by atoms with Crippen LogP contribution in [0.5, 0.6) is 5.75 Å². The molecule has 0 amide bonds. The maximum absolute atomic E-state index is 11.0. The normalized spacial score (nSPS) is 10.2. The van der Waals surface area contributed by atoms with Crippen LogP contribution in [0.1, 0.15) is 16.7 Å². The van der Waals surface area contributed by atoms with Gasteiger partial charge in [-0.05, 0) is 48.7 Å². The quantitative estimate of drug-likeness (QED) is 0.501. The summed E-state index contributed by atoms with van der Waals surface area (Å²) in [5.41, 5.74) is 5.44. The number of anilines is 1. The van der Waals surface area contributed by atoms with Crippen molar-refractivity contribution >= 4 is 11.4 Å². The number of ether oxygens (including phenoxy) is 1. The summed E-state index contributed by atoms with van der Waals surface area (Å²) in [5, 5.41) is 11.0. The molecule has 0 aliphatic heterocycles. The number of aryl methyl sites for hydroxylation is 2. The van der Waals surface area contributed by atoms with Crippen molar-refractivity contribution in [3.63, 3.8) is 0 Å². The van der Waals surface area contributed by atoms with E-state index >= 15 is 0 Å². The zero-order chi connectivity index (χ0) is 15.4.